The molecule has 3 heteroatoms. The Kier molecular flexibility index (Phi) is 4.89. The summed E-state index contributed by atoms with van der Waals surface area (Å²) in [6, 6.07) is 14.8. The molecule has 2 aromatic carbocycles. The molecule has 118 valence electrons. The Hall–Kier alpha value is -2.39. The Morgan fingerprint density at radius 2 is 1.74 bits per heavy atom. The molecule has 2 aromatic rings. The van der Waals surface area contributed by atoms with Gasteiger partial charge in [0.1, 0.15) is 12.8 Å². The molecule has 3 rings (SSSR count). The van der Waals surface area contributed by atoms with E-state index >= 15 is 0 Å². The zero-order valence-corrected chi connectivity index (χ0v) is 13.6. The van der Waals surface area contributed by atoms with Gasteiger partial charge in [-0.05, 0) is 35.6 Å². The zero-order valence-electron chi connectivity index (χ0n) is 13.6. The van der Waals surface area contributed by atoms with Crippen LogP contribution in [-0.4, -0.2) is 26.5 Å². The smallest absolute Gasteiger partial charge is 0.118 e. The molecule has 0 saturated heterocycles. The van der Waals surface area contributed by atoms with Gasteiger partial charge in [0.15, 0.2) is 0 Å². The SMILES string of the molecule is COCCC/C=C/c1ccc2c(c1)/C(=N/OC)c1ccccc1-2. The first kappa shape index (κ1) is 15.5. The third kappa shape index (κ3) is 3.20. The maximum Gasteiger partial charge on any atom is 0.118 e. The van der Waals surface area contributed by atoms with E-state index in [9.17, 15) is 0 Å². The molecule has 0 heterocycles. The molecule has 1 aliphatic rings. The Labute approximate surface area is 137 Å². The molecule has 0 aliphatic heterocycles. The summed E-state index contributed by atoms with van der Waals surface area (Å²) < 4.78 is 5.07. The standard InChI is InChI=1S/C20H21NO2/c1-22-13-7-3-4-8-15-11-12-17-16-9-5-6-10-18(16)20(21-23-2)19(17)14-15/h4-6,8-12,14H,3,7,13H2,1-2H3/b8-4+,21-20+. The Balaban J connectivity index is 1.90. The number of allylic oxidation sites excluding steroid dienone is 1. The molecule has 0 saturated carbocycles. The van der Waals surface area contributed by atoms with Crippen molar-refractivity contribution in [1.29, 1.82) is 0 Å². The zero-order chi connectivity index (χ0) is 16.1. The lowest BCUT2D eigenvalue weighted by molar-refractivity contribution is 0.196. The van der Waals surface area contributed by atoms with Gasteiger partial charge in [0.05, 0.1) is 0 Å². The summed E-state index contributed by atoms with van der Waals surface area (Å²) in [7, 11) is 3.33. The molecule has 0 unspecified atom stereocenters. The van der Waals surface area contributed by atoms with Crippen LogP contribution in [0.15, 0.2) is 53.7 Å². The third-order valence-electron chi connectivity index (χ3n) is 3.98. The summed E-state index contributed by atoms with van der Waals surface area (Å²) >= 11 is 0. The summed E-state index contributed by atoms with van der Waals surface area (Å²) in [6.07, 6.45) is 6.41. The van der Waals surface area contributed by atoms with E-state index in [0.29, 0.717) is 0 Å². The van der Waals surface area contributed by atoms with E-state index in [-0.39, 0.29) is 0 Å². The summed E-state index contributed by atoms with van der Waals surface area (Å²) in [5, 5.41) is 4.24. The number of fused-ring (bicyclic) bond motifs is 3. The minimum absolute atomic E-state index is 0.800. The Bertz CT molecular complexity index is 747. The predicted molar refractivity (Wildman–Crippen MR) is 94.7 cm³/mol. The summed E-state index contributed by atoms with van der Waals surface area (Å²) in [6.45, 7) is 0.800. The molecule has 0 atom stereocenters. The molecular weight excluding hydrogens is 286 g/mol. The molecule has 0 radical (unpaired) electrons. The second-order valence-electron chi connectivity index (χ2n) is 5.51. The van der Waals surface area contributed by atoms with Gasteiger partial charge >= 0.3 is 0 Å². The fraction of sp³-hybridized carbons (Fsp3) is 0.250. The van der Waals surface area contributed by atoms with Crippen LogP contribution in [0, 0.1) is 0 Å². The second kappa shape index (κ2) is 7.25. The minimum Gasteiger partial charge on any atom is -0.399 e. The monoisotopic (exact) mass is 307 g/mol. The molecule has 1 aliphatic carbocycles. The number of unbranched alkanes of at least 4 members (excludes halogenated alkanes) is 1. The lowest BCUT2D eigenvalue weighted by Crippen LogP contribution is -1.99. The average Bonchev–Trinajstić information content (AvgIpc) is 2.89. The lowest BCUT2D eigenvalue weighted by atomic mass is 10.0. The number of hydrogen-bond donors (Lipinski definition) is 0. The van der Waals surface area contributed by atoms with E-state index in [4.69, 9.17) is 9.57 Å². The van der Waals surface area contributed by atoms with Crippen LogP contribution in [0.2, 0.25) is 0 Å². The highest BCUT2D eigenvalue weighted by Gasteiger charge is 2.25. The normalized spacial score (nSPS) is 14.3. The molecule has 0 fully saturated rings. The fourth-order valence-electron chi connectivity index (χ4n) is 2.92. The van der Waals surface area contributed by atoms with Gasteiger partial charge in [-0.2, -0.15) is 0 Å². The van der Waals surface area contributed by atoms with E-state index < -0.39 is 0 Å². The topological polar surface area (TPSA) is 30.8 Å². The van der Waals surface area contributed by atoms with Crippen LogP contribution in [0.4, 0.5) is 0 Å². The molecule has 0 bridgehead atoms. The third-order valence-corrected chi connectivity index (χ3v) is 3.98. The van der Waals surface area contributed by atoms with Crippen molar-refractivity contribution in [1.82, 2.24) is 0 Å². The van der Waals surface area contributed by atoms with Crippen molar-refractivity contribution in [3.63, 3.8) is 0 Å². The van der Waals surface area contributed by atoms with Crippen LogP contribution in [0.5, 0.6) is 0 Å². The number of nitrogens with zero attached hydrogens (tertiary/aromatic N) is 1. The van der Waals surface area contributed by atoms with E-state index in [1.807, 2.05) is 6.07 Å². The van der Waals surface area contributed by atoms with Gasteiger partial charge in [-0.15, -0.1) is 0 Å². The summed E-state index contributed by atoms with van der Waals surface area (Å²) in [5.41, 5.74) is 6.78. The molecular formula is C20H21NO2. The van der Waals surface area contributed by atoms with Gasteiger partial charge < -0.3 is 9.57 Å². The van der Waals surface area contributed by atoms with Crippen molar-refractivity contribution in [2.24, 2.45) is 5.16 Å². The highest BCUT2D eigenvalue weighted by atomic mass is 16.6. The van der Waals surface area contributed by atoms with Crippen molar-refractivity contribution in [2.75, 3.05) is 20.8 Å². The molecule has 0 spiro atoms. The summed E-state index contributed by atoms with van der Waals surface area (Å²) in [4.78, 5) is 5.06. The van der Waals surface area contributed by atoms with Crippen molar-refractivity contribution in [2.45, 2.75) is 12.8 Å². The van der Waals surface area contributed by atoms with Crippen LogP contribution in [0.3, 0.4) is 0 Å². The number of methoxy groups -OCH3 is 1. The number of hydrogen-bond acceptors (Lipinski definition) is 3. The Morgan fingerprint density at radius 1 is 0.957 bits per heavy atom. The lowest BCUT2D eigenvalue weighted by Gasteiger charge is -2.02. The van der Waals surface area contributed by atoms with E-state index in [0.717, 1.165) is 36.3 Å². The predicted octanol–water partition coefficient (Wildman–Crippen LogP) is 4.51. The average molecular weight is 307 g/mol. The quantitative estimate of drug-likeness (QED) is 0.495. The van der Waals surface area contributed by atoms with Crippen LogP contribution >= 0.6 is 0 Å². The molecule has 3 nitrogen and oxygen atoms in total. The van der Waals surface area contributed by atoms with Gasteiger partial charge in [0, 0.05) is 24.8 Å². The minimum atomic E-state index is 0.800. The van der Waals surface area contributed by atoms with Crippen LogP contribution in [0.25, 0.3) is 17.2 Å². The second-order valence-corrected chi connectivity index (χ2v) is 5.51. The largest absolute Gasteiger partial charge is 0.399 e. The molecule has 23 heavy (non-hydrogen) atoms. The first-order valence-corrected chi connectivity index (χ1v) is 7.86. The number of ether oxygens (including phenoxy) is 1. The first-order chi connectivity index (χ1) is 11.3. The molecule has 0 aromatic heterocycles. The van der Waals surface area contributed by atoms with Gasteiger partial charge in [-0.25, -0.2) is 0 Å². The number of oxime groups is 1. The van der Waals surface area contributed by atoms with E-state index in [1.54, 1.807) is 14.2 Å². The van der Waals surface area contributed by atoms with Gasteiger partial charge in [0.2, 0.25) is 0 Å². The highest BCUT2D eigenvalue weighted by molar-refractivity contribution is 6.24. The van der Waals surface area contributed by atoms with Gasteiger partial charge in [-0.1, -0.05) is 53.7 Å². The molecule has 0 amide bonds. The number of rotatable bonds is 6. The maximum absolute atomic E-state index is 5.07. The van der Waals surface area contributed by atoms with Crippen molar-refractivity contribution < 1.29 is 9.57 Å². The first-order valence-electron chi connectivity index (χ1n) is 7.86. The highest BCUT2D eigenvalue weighted by Crippen LogP contribution is 2.37. The van der Waals surface area contributed by atoms with Crippen LogP contribution < -0.4 is 0 Å². The Morgan fingerprint density at radius 3 is 2.52 bits per heavy atom. The van der Waals surface area contributed by atoms with Crippen LogP contribution in [0.1, 0.15) is 29.5 Å². The van der Waals surface area contributed by atoms with Crippen molar-refractivity contribution >= 4 is 11.8 Å². The number of benzene rings is 2. The van der Waals surface area contributed by atoms with E-state index in [1.165, 1.54) is 16.7 Å². The van der Waals surface area contributed by atoms with E-state index in [2.05, 4.69) is 53.7 Å². The van der Waals surface area contributed by atoms with Crippen molar-refractivity contribution in [3.8, 4) is 11.1 Å². The summed E-state index contributed by atoms with van der Waals surface area (Å²) in [5.74, 6) is 0. The maximum atomic E-state index is 5.07. The van der Waals surface area contributed by atoms with Gasteiger partial charge in [0.25, 0.3) is 0 Å². The van der Waals surface area contributed by atoms with Crippen LogP contribution in [-0.2, 0) is 9.57 Å². The molecule has 0 N–H and O–H groups in total. The fourth-order valence-corrected chi connectivity index (χ4v) is 2.92. The van der Waals surface area contributed by atoms with Crippen molar-refractivity contribution in [3.05, 3.63) is 65.2 Å². The van der Waals surface area contributed by atoms with Gasteiger partial charge in [-0.3, -0.25) is 0 Å².